The Kier molecular flexibility index (Phi) is 4.82. The van der Waals surface area contributed by atoms with E-state index in [2.05, 4.69) is 5.32 Å². The third-order valence-electron chi connectivity index (χ3n) is 2.26. The first-order valence-electron chi connectivity index (χ1n) is 4.93. The van der Waals surface area contributed by atoms with Crippen molar-refractivity contribution in [3.8, 4) is 0 Å². The molecule has 0 saturated carbocycles. The van der Waals surface area contributed by atoms with Crippen molar-refractivity contribution in [3.05, 3.63) is 31.6 Å². The van der Waals surface area contributed by atoms with Gasteiger partial charge in [-0.3, -0.25) is 14.9 Å². The molecule has 1 unspecified atom stereocenters. The first-order chi connectivity index (χ1) is 8.32. The number of aliphatic carboxylic acids is 1. The molecule has 0 aliphatic heterocycles. The number of nitro benzene ring substituents is 1. The maximum atomic E-state index is 13.3. The van der Waals surface area contributed by atoms with E-state index in [0.29, 0.717) is 0 Å². The molecule has 8 heteroatoms. The van der Waals surface area contributed by atoms with Crippen LogP contribution in [0, 0.1) is 25.4 Å². The van der Waals surface area contributed by atoms with Crippen LogP contribution in [0.4, 0.5) is 15.8 Å². The van der Waals surface area contributed by atoms with E-state index in [0.717, 1.165) is 12.1 Å². The average Bonchev–Trinajstić information content (AvgIpc) is 2.29. The molecule has 1 atom stereocenters. The van der Waals surface area contributed by atoms with Crippen molar-refractivity contribution in [2.24, 2.45) is 5.92 Å². The van der Waals surface area contributed by atoms with Gasteiger partial charge in [0.05, 0.1) is 14.4 Å². The summed E-state index contributed by atoms with van der Waals surface area (Å²) in [4.78, 5) is 20.8. The van der Waals surface area contributed by atoms with E-state index < -0.39 is 22.6 Å². The number of nitrogens with zero attached hydrogens (tertiary/aromatic N) is 1. The fourth-order valence-electron chi connectivity index (χ4n) is 1.18. The zero-order valence-corrected chi connectivity index (χ0v) is 11.5. The molecule has 0 saturated heterocycles. The minimum absolute atomic E-state index is 0.0177. The molecule has 1 aromatic carbocycles. The Labute approximate surface area is 115 Å². The van der Waals surface area contributed by atoms with E-state index in [4.69, 9.17) is 5.11 Å². The standard InChI is InChI=1S/C10H10FIN2O4/c1-5(10(15)16)4-13-8-2-6(11)7(12)3-9(8)14(17)18/h2-3,5,13H,4H2,1H3,(H,15,16). The van der Waals surface area contributed by atoms with Gasteiger partial charge in [0.1, 0.15) is 11.5 Å². The third kappa shape index (κ3) is 3.52. The second kappa shape index (κ2) is 5.94. The highest BCUT2D eigenvalue weighted by atomic mass is 127. The van der Waals surface area contributed by atoms with Gasteiger partial charge in [0.2, 0.25) is 0 Å². The summed E-state index contributed by atoms with van der Waals surface area (Å²) < 4.78 is 13.5. The van der Waals surface area contributed by atoms with E-state index in [1.165, 1.54) is 6.92 Å². The lowest BCUT2D eigenvalue weighted by Crippen LogP contribution is -2.20. The van der Waals surface area contributed by atoms with Gasteiger partial charge in [-0.15, -0.1) is 0 Å². The van der Waals surface area contributed by atoms with Gasteiger partial charge in [-0.2, -0.15) is 0 Å². The van der Waals surface area contributed by atoms with E-state index in [-0.39, 0.29) is 21.5 Å². The lowest BCUT2D eigenvalue weighted by atomic mass is 10.2. The number of hydrogen-bond donors (Lipinski definition) is 2. The first-order valence-corrected chi connectivity index (χ1v) is 6.01. The van der Waals surface area contributed by atoms with Crippen LogP contribution < -0.4 is 5.32 Å². The molecule has 0 aromatic heterocycles. The summed E-state index contributed by atoms with van der Waals surface area (Å²) >= 11 is 1.65. The quantitative estimate of drug-likeness (QED) is 0.473. The van der Waals surface area contributed by atoms with Gasteiger partial charge in [-0.1, -0.05) is 6.92 Å². The average molecular weight is 368 g/mol. The highest BCUT2D eigenvalue weighted by molar-refractivity contribution is 14.1. The van der Waals surface area contributed by atoms with Gasteiger partial charge in [0.25, 0.3) is 5.69 Å². The molecule has 0 spiro atoms. The summed E-state index contributed by atoms with van der Waals surface area (Å²) in [6, 6.07) is 2.10. The molecule has 6 nitrogen and oxygen atoms in total. The van der Waals surface area contributed by atoms with Crippen molar-refractivity contribution in [3.63, 3.8) is 0 Å². The topological polar surface area (TPSA) is 92.5 Å². The van der Waals surface area contributed by atoms with Crippen LogP contribution in [0.2, 0.25) is 0 Å². The van der Waals surface area contributed by atoms with Crippen LogP contribution in [0.15, 0.2) is 12.1 Å². The predicted octanol–water partition coefficient (Wildman–Crippen LogP) is 2.47. The molecule has 1 aromatic rings. The Morgan fingerprint density at radius 2 is 2.28 bits per heavy atom. The number of anilines is 1. The van der Waals surface area contributed by atoms with Crippen LogP contribution in [-0.4, -0.2) is 22.5 Å². The number of carbonyl (C=O) groups is 1. The largest absolute Gasteiger partial charge is 0.481 e. The normalized spacial score (nSPS) is 11.9. The summed E-state index contributed by atoms with van der Waals surface area (Å²) in [5.74, 6) is -2.35. The van der Waals surface area contributed by atoms with Crippen molar-refractivity contribution in [1.29, 1.82) is 0 Å². The van der Waals surface area contributed by atoms with Gasteiger partial charge in [0.15, 0.2) is 0 Å². The molecule has 0 aliphatic carbocycles. The van der Waals surface area contributed by atoms with Crippen LogP contribution in [0.3, 0.4) is 0 Å². The number of nitro groups is 1. The van der Waals surface area contributed by atoms with Crippen molar-refractivity contribution >= 4 is 39.9 Å². The molecule has 2 N–H and O–H groups in total. The van der Waals surface area contributed by atoms with E-state index >= 15 is 0 Å². The number of benzene rings is 1. The van der Waals surface area contributed by atoms with E-state index in [1.807, 2.05) is 0 Å². The monoisotopic (exact) mass is 368 g/mol. The summed E-state index contributed by atoms with van der Waals surface area (Å²) in [6.07, 6.45) is 0. The fourth-order valence-corrected chi connectivity index (χ4v) is 1.63. The highest BCUT2D eigenvalue weighted by Gasteiger charge is 2.19. The molecule has 0 radical (unpaired) electrons. The van der Waals surface area contributed by atoms with E-state index in [1.54, 1.807) is 22.6 Å². The smallest absolute Gasteiger partial charge is 0.308 e. The number of carboxylic acids is 1. The maximum Gasteiger partial charge on any atom is 0.308 e. The van der Waals surface area contributed by atoms with Gasteiger partial charge >= 0.3 is 5.97 Å². The molecule has 0 fully saturated rings. The molecule has 0 aliphatic rings. The van der Waals surface area contributed by atoms with Crippen molar-refractivity contribution in [2.75, 3.05) is 11.9 Å². The molecular formula is C10H10FIN2O4. The molecule has 1 rings (SSSR count). The van der Waals surface area contributed by atoms with Gasteiger partial charge in [-0.25, -0.2) is 4.39 Å². The minimum Gasteiger partial charge on any atom is -0.481 e. The van der Waals surface area contributed by atoms with Crippen LogP contribution >= 0.6 is 22.6 Å². The molecule has 18 heavy (non-hydrogen) atoms. The third-order valence-corrected chi connectivity index (χ3v) is 3.08. The molecular weight excluding hydrogens is 358 g/mol. The summed E-state index contributed by atoms with van der Waals surface area (Å²) in [5, 5.41) is 22.1. The zero-order valence-electron chi connectivity index (χ0n) is 9.31. The lowest BCUT2D eigenvalue weighted by molar-refractivity contribution is -0.384. The Bertz CT molecular complexity index is 495. The van der Waals surface area contributed by atoms with Gasteiger partial charge < -0.3 is 10.4 Å². The Balaban J connectivity index is 2.97. The number of halogens is 2. The van der Waals surface area contributed by atoms with Gasteiger partial charge in [-0.05, 0) is 22.6 Å². The number of nitrogens with one attached hydrogen (secondary N) is 1. The predicted molar refractivity (Wildman–Crippen MR) is 71.1 cm³/mol. The second-order valence-electron chi connectivity index (χ2n) is 3.66. The SMILES string of the molecule is CC(CNc1cc(F)c(I)cc1[N+](=O)[O-])C(=O)O. The minimum atomic E-state index is -1.03. The van der Waals surface area contributed by atoms with Crippen LogP contribution in [0.1, 0.15) is 6.92 Å². The maximum absolute atomic E-state index is 13.3. The number of hydrogen-bond acceptors (Lipinski definition) is 4. The van der Waals surface area contributed by atoms with Crippen molar-refractivity contribution in [1.82, 2.24) is 0 Å². The summed E-state index contributed by atoms with van der Waals surface area (Å²) in [5.41, 5.74) is -0.301. The fraction of sp³-hybridized carbons (Fsp3) is 0.300. The Hall–Kier alpha value is -1.45. The zero-order chi connectivity index (χ0) is 13.9. The van der Waals surface area contributed by atoms with Crippen molar-refractivity contribution < 1.29 is 19.2 Å². The van der Waals surface area contributed by atoms with Gasteiger partial charge in [0, 0.05) is 18.7 Å². The van der Waals surface area contributed by atoms with Crippen LogP contribution in [0.5, 0.6) is 0 Å². The summed E-state index contributed by atoms with van der Waals surface area (Å²) in [7, 11) is 0. The number of carboxylic acid groups (broad SMARTS) is 1. The Morgan fingerprint density at radius 3 is 2.78 bits per heavy atom. The molecule has 98 valence electrons. The second-order valence-corrected chi connectivity index (χ2v) is 4.82. The highest BCUT2D eigenvalue weighted by Crippen LogP contribution is 2.28. The first kappa shape index (κ1) is 14.6. The summed E-state index contributed by atoms with van der Waals surface area (Å²) in [6.45, 7) is 1.43. The molecule has 0 heterocycles. The lowest BCUT2D eigenvalue weighted by Gasteiger charge is -2.10. The van der Waals surface area contributed by atoms with Crippen LogP contribution in [0.25, 0.3) is 0 Å². The number of rotatable bonds is 5. The van der Waals surface area contributed by atoms with Crippen LogP contribution in [-0.2, 0) is 4.79 Å². The van der Waals surface area contributed by atoms with Crippen molar-refractivity contribution in [2.45, 2.75) is 6.92 Å². The molecule has 0 bridgehead atoms. The molecule has 0 amide bonds. The Morgan fingerprint density at radius 1 is 1.67 bits per heavy atom. The van der Waals surface area contributed by atoms with E-state index in [9.17, 15) is 19.3 Å².